The van der Waals surface area contributed by atoms with Crippen molar-refractivity contribution in [2.24, 2.45) is 0 Å². The largest absolute Gasteiger partial charge is 0.453 e. The third-order valence-corrected chi connectivity index (χ3v) is 4.80. The van der Waals surface area contributed by atoms with Crippen molar-refractivity contribution in [3.05, 3.63) is 34.9 Å². The highest BCUT2D eigenvalue weighted by atomic mass is 16.5. The Morgan fingerprint density at radius 3 is 2.57 bits per heavy atom. The maximum absolute atomic E-state index is 12.6. The fourth-order valence-corrected chi connectivity index (χ4v) is 3.50. The number of aryl methyl sites for hydroxylation is 2. The number of hydrogen-bond acceptors (Lipinski definition) is 3. The lowest BCUT2D eigenvalue weighted by Crippen LogP contribution is -2.37. The number of fused-ring (bicyclic) bond motifs is 1. The van der Waals surface area contributed by atoms with Crippen molar-refractivity contribution in [3.8, 4) is 0 Å². The number of benzene rings is 1. The van der Waals surface area contributed by atoms with E-state index in [0.29, 0.717) is 32.6 Å². The topological polar surface area (TPSA) is 49.9 Å². The molecule has 0 saturated carbocycles. The Labute approximate surface area is 137 Å². The lowest BCUT2D eigenvalue weighted by Gasteiger charge is -2.21. The number of ether oxygens (including phenoxy) is 1. The molecule has 5 nitrogen and oxygen atoms in total. The van der Waals surface area contributed by atoms with E-state index in [-0.39, 0.29) is 12.0 Å². The molecule has 0 unspecified atom stereocenters. The van der Waals surface area contributed by atoms with E-state index in [9.17, 15) is 9.59 Å². The first-order chi connectivity index (χ1) is 11.2. The molecule has 2 aliphatic rings. The molecule has 124 valence electrons. The van der Waals surface area contributed by atoms with Crippen LogP contribution in [0.5, 0.6) is 0 Å². The molecule has 3 rings (SSSR count). The summed E-state index contributed by atoms with van der Waals surface area (Å²) in [6.07, 6.45) is 4.46. The number of hydrogen-bond donors (Lipinski definition) is 0. The minimum atomic E-state index is -0.307. The Morgan fingerprint density at radius 2 is 1.74 bits per heavy atom. The van der Waals surface area contributed by atoms with E-state index < -0.39 is 0 Å². The van der Waals surface area contributed by atoms with Crippen LogP contribution in [0, 0.1) is 0 Å². The molecule has 0 atom stereocenters. The van der Waals surface area contributed by atoms with Crippen molar-refractivity contribution >= 4 is 12.0 Å². The molecule has 1 aliphatic carbocycles. The molecule has 0 bridgehead atoms. The summed E-state index contributed by atoms with van der Waals surface area (Å²) >= 11 is 0. The van der Waals surface area contributed by atoms with E-state index in [4.69, 9.17) is 4.74 Å². The second-order valence-electron chi connectivity index (χ2n) is 6.32. The van der Waals surface area contributed by atoms with Crippen LogP contribution in [0.3, 0.4) is 0 Å². The van der Waals surface area contributed by atoms with Gasteiger partial charge in [0.25, 0.3) is 0 Å². The van der Waals surface area contributed by atoms with Crippen LogP contribution in [0.4, 0.5) is 4.79 Å². The Hall–Kier alpha value is -2.04. The number of nitrogens with zero attached hydrogens (tertiary/aromatic N) is 2. The van der Waals surface area contributed by atoms with Gasteiger partial charge in [0, 0.05) is 26.2 Å². The number of amides is 2. The monoisotopic (exact) mass is 316 g/mol. The van der Waals surface area contributed by atoms with Gasteiger partial charge in [0.2, 0.25) is 5.91 Å². The van der Waals surface area contributed by atoms with Crippen LogP contribution in [0.2, 0.25) is 0 Å². The fourth-order valence-electron chi connectivity index (χ4n) is 3.50. The molecule has 23 heavy (non-hydrogen) atoms. The van der Waals surface area contributed by atoms with Crippen molar-refractivity contribution in [1.82, 2.24) is 9.80 Å². The van der Waals surface area contributed by atoms with E-state index in [1.807, 2.05) is 4.90 Å². The zero-order valence-electron chi connectivity index (χ0n) is 13.7. The predicted octanol–water partition coefficient (Wildman–Crippen LogP) is 2.02. The molecule has 0 spiro atoms. The lowest BCUT2D eigenvalue weighted by molar-refractivity contribution is -0.130. The summed E-state index contributed by atoms with van der Waals surface area (Å²) < 4.78 is 4.76. The van der Waals surface area contributed by atoms with Crippen molar-refractivity contribution < 1.29 is 14.3 Å². The summed E-state index contributed by atoms with van der Waals surface area (Å²) in [4.78, 5) is 27.7. The van der Waals surface area contributed by atoms with Gasteiger partial charge in [-0.25, -0.2) is 4.79 Å². The SMILES string of the molecule is COC(=O)N1CCCN(C(=O)Cc2ccc3c(c2)CCC3)CC1. The van der Waals surface area contributed by atoms with Gasteiger partial charge in [-0.15, -0.1) is 0 Å². The highest BCUT2D eigenvalue weighted by molar-refractivity contribution is 5.79. The summed E-state index contributed by atoms with van der Waals surface area (Å²) in [7, 11) is 1.39. The maximum Gasteiger partial charge on any atom is 0.409 e. The number of rotatable bonds is 2. The Balaban J connectivity index is 1.59. The molecule has 1 aliphatic heterocycles. The molecular formula is C18H24N2O3. The van der Waals surface area contributed by atoms with Crippen molar-refractivity contribution in [3.63, 3.8) is 0 Å². The van der Waals surface area contributed by atoms with Gasteiger partial charge in [0.1, 0.15) is 0 Å². The van der Waals surface area contributed by atoms with Gasteiger partial charge >= 0.3 is 6.09 Å². The zero-order valence-corrected chi connectivity index (χ0v) is 13.7. The van der Waals surface area contributed by atoms with Crippen LogP contribution < -0.4 is 0 Å². The van der Waals surface area contributed by atoms with E-state index in [0.717, 1.165) is 18.4 Å². The first-order valence-electron chi connectivity index (χ1n) is 8.38. The van der Waals surface area contributed by atoms with Crippen LogP contribution in [-0.4, -0.2) is 55.1 Å². The third-order valence-electron chi connectivity index (χ3n) is 4.80. The third kappa shape index (κ3) is 3.66. The summed E-state index contributed by atoms with van der Waals surface area (Å²) in [5.41, 5.74) is 3.94. The molecule has 0 N–H and O–H groups in total. The van der Waals surface area contributed by atoms with E-state index >= 15 is 0 Å². The molecule has 2 amide bonds. The summed E-state index contributed by atoms with van der Waals surface area (Å²) in [5, 5.41) is 0. The Kier molecular flexibility index (Phi) is 4.84. The molecule has 5 heteroatoms. The van der Waals surface area contributed by atoms with Crippen LogP contribution in [0.1, 0.15) is 29.5 Å². The van der Waals surface area contributed by atoms with Crippen LogP contribution in [0.15, 0.2) is 18.2 Å². The maximum atomic E-state index is 12.6. The predicted molar refractivity (Wildman–Crippen MR) is 87.3 cm³/mol. The molecule has 1 heterocycles. The molecule has 1 saturated heterocycles. The van der Waals surface area contributed by atoms with E-state index in [2.05, 4.69) is 18.2 Å². The van der Waals surface area contributed by atoms with Crippen molar-refractivity contribution in [2.45, 2.75) is 32.1 Å². The molecular weight excluding hydrogens is 292 g/mol. The van der Waals surface area contributed by atoms with Crippen LogP contribution in [-0.2, 0) is 28.8 Å². The molecule has 0 radical (unpaired) electrons. The van der Waals surface area contributed by atoms with Crippen LogP contribution >= 0.6 is 0 Å². The molecule has 0 aromatic heterocycles. The molecule has 1 aromatic rings. The van der Waals surface area contributed by atoms with E-state index in [1.165, 1.54) is 31.1 Å². The normalized spacial score (nSPS) is 17.6. The quantitative estimate of drug-likeness (QED) is 0.839. The second kappa shape index (κ2) is 7.02. The van der Waals surface area contributed by atoms with Crippen molar-refractivity contribution in [2.75, 3.05) is 33.3 Å². The van der Waals surface area contributed by atoms with Gasteiger partial charge in [-0.1, -0.05) is 18.2 Å². The zero-order chi connectivity index (χ0) is 16.2. The van der Waals surface area contributed by atoms with E-state index in [1.54, 1.807) is 4.90 Å². The lowest BCUT2D eigenvalue weighted by atomic mass is 10.0. The van der Waals surface area contributed by atoms with Gasteiger partial charge < -0.3 is 14.5 Å². The van der Waals surface area contributed by atoms with Gasteiger partial charge in [0.15, 0.2) is 0 Å². The smallest absolute Gasteiger partial charge is 0.409 e. The average Bonchev–Trinajstić information content (AvgIpc) is 2.88. The van der Waals surface area contributed by atoms with Gasteiger partial charge in [-0.3, -0.25) is 4.79 Å². The number of methoxy groups -OCH3 is 1. The fraction of sp³-hybridized carbons (Fsp3) is 0.556. The molecule has 1 fully saturated rings. The first kappa shape index (κ1) is 15.8. The highest BCUT2D eigenvalue weighted by Crippen LogP contribution is 2.23. The molecule has 1 aromatic carbocycles. The standard InChI is InChI=1S/C18H24N2O3/c1-23-18(22)20-9-3-8-19(10-11-20)17(21)13-14-6-7-15-4-2-5-16(15)12-14/h6-7,12H,2-5,8-11,13H2,1H3. The summed E-state index contributed by atoms with van der Waals surface area (Å²) in [5.74, 6) is 0.148. The number of carbonyl (C=O) groups excluding carboxylic acids is 2. The van der Waals surface area contributed by atoms with Gasteiger partial charge in [0.05, 0.1) is 13.5 Å². The Bertz CT molecular complexity index is 600. The first-order valence-corrected chi connectivity index (χ1v) is 8.38. The van der Waals surface area contributed by atoms with Gasteiger partial charge in [-0.05, 0) is 42.4 Å². The highest BCUT2D eigenvalue weighted by Gasteiger charge is 2.22. The Morgan fingerprint density at radius 1 is 1.00 bits per heavy atom. The second-order valence-corrected chi connectivity index (χ2v) is 6.32. The van der Waals surface area contributed by atoms with Gasteiger partial charge in [-0.2, -0.15) is 0 Å². The minimum absolute atomic E-state index is 0.148. The minimum Gasteiger partial charge on any atom is -0.453 e. The summed E-state index contributed by atoms with van der Waals surface area (Å²) in [6, 6.07) is 6.45. The van der Waals surface area contributed by atoms with Crippen molar-refractivity contribution in [1.29, 1.82) is 0 Å². The summed E-state index contributed by atoms with van der Waals surface area (Å²) in [6.45, 7) is 2.48. The average molecular weight is 316 g/mol. The van der Waals surface area contributed by atoms with Crippen LogP contribution in [0.25, 0.3) is 0 Å². The number of carbonyl (C=O) groups is 2.